The Bertz CT molecular complexity index is 494. The molecule has 0 saturated heterocycles. The predicted molar refractivity (Wildman–Crippen MR) is 69.5 cm³/mol. The summed E-state index contributed by atoms with van der Waals surface area (Å²) in [6.45, 7) is -0.368. The van der Waals surface area contributed by atoms with E-state index in [-0.39, 0.29) is 25.2 Å². The van der Waals surface area contributed by atoms with Crippen LogP contribution in [0.4, 0.5) is 0 Å². The van der Waals surface area contributed by atoms with Crippen molar-refractivity contribution in [3.8, 4) is 5.75 Å². The zero-order chi connectivity index (χ0) is 15.0. The molecule has 0 atom stereocenters. The van der Waals surface area contributed by atoms with Gasteiger partial charge in [-0.1, -0.05) is 12.1 Å². The topological polar surface area (TPSA) is 78.9 Å². The van der Waals surface area contributed by atoms with Crippen LogP contribution < -0.4 is 4.74 Å². The van der Waals surface area contributed by atoms with Crippen molar-refractivity contribution in [1.82, 2.24) is 0 Å². The number of esters is 2. The summed E-state index contributed by atoms with van der Waals surface area (Å²) >= 11 is 0. The number of methoxy groups -OCH3 is 2. The van der Waals surface area contributed by atoms with E-state index < -0.39 is 11.9 Å². The number of hydrogen-bond acceptors (Lipinski definition) is 6. The molecule has 0 unspecified atom stereocenters. The van der Waals surface area contributed by atoms with Gasteiger partial charge in [0.2, 0.25) is 0 Å². The molecule has 1 aromatic carbocycles. The summed E-state index contributed by atoms with van der Waals surface area (Å²) in [5, 5.41) is 0. The Morgan fingerprint density at radius 3 is 2.40 bits per heavy atom. The van der Waals surface area contributed by atoms with Gasteiger partial charge < -0.3 is 14.2 Å². The average molecular weight is 280 g/mol. The van der Waals surface area contributed by atoms with Crippen molar-refractivity contribution in [2.45, 2.75) is 12.8 Å². The Balaban J connectivity index is 2.42. The highest BCUT2D eigenvalue weighted by Crippen LogP contribution is 2.13. The third-order valence-electron chi connectivity index (χ3n) is 2.52. The smallest absolute Gasteiger partial charge is 0.306 e. The minimum atomic E-state index is -0.619. The first kappa shape index (κ1) is 15.7. The summed E-state index contributed by atoms with van der Waals surface area (Å²) in [6.07, 6.45) is -0.180. The molecule has 0 aromatic heterocycles. The summed E-state index contributed by atoms with van der Waals surface area (Å²) in [5.74, 6) is -0.907. The number of carbonyl (C=O) groups is 3. The van der Waals surface area contributed by atoms with Gasteiger partial charge >= 0.3 is 11.9 Å². The van der Waals surface area contributed by atoms with Crippen molar-refractivity contribution in [1.29, 1.82) is 0 Å². The molecule has 108 valence electrons. The molecule has 0 heterocycles. The Morgan fingerprint density at radius 2 is 1.75 bits per heavy atom. The molecular formula is C14H16O6. The lowest BCUT2D eigenvalue weighted by molar-refractivity contribution is -0.148. The van der Waals surface area contributed by atoms with E-state index in [0.29, 0.717) is 11.3 Å². The second kappa shape index (κ2) is 7.93. The third-order valence-corrected chi connectivity index (χ3v) is 2.52. The molecule has 0 aliphatic heterocycles. The van der Waals surface area contributed by atoms with E-state index >= 15 is 0 Å². The molecule has 6 nitrogen and oxygen atoms in total. The summed E-state index contributed by atoms with van der Waals surface area (Å²) < 4.78 is 14.2. The fraction of sp³-hybridized carbons (Fsp3) is 0.357. The van der Waals surface area contributed by atoms with Crippen LogP contribution in [0, 0.1) is 0 Å². The average Bonchev–Trinajstić information content (AvgIpc) is 2.50. The van der Waals surface area contributed by atoms with Gasteiger partial charge in [0.1, 0.15) is 5.75 Å². The largest absolute Gasteiger partial charge is 0.497 e. The third kappa shape index (κ3) is 5.09. The van der Waals surface area contributed by atoms with Gasteiger partial charge in [-0.3, -0.25) is 14.4 Å². The van der Waals surface area contributed by atoms with E-state index in [4.69, 9.17) is 9.47 Å². The molecule has 0 radical (unpaired) electrons. The maximum atomic E-state index is 11.8. The lowest BCUT2D eigenvalue weighted by atomic mass is 10.1. The van der Waals surface area contributed by atoms with Crippen LogP contribution in [0.15, 0.2) is 24.3 Å². The molecule has 0 N–H and O–H groups in total. The van der Waals surface area contributed by atoms with Crippen LogP contribution in [0.5, 0.6) is 5.75 Å². The van der Waals surface area contributed by atoms with Gasteiger partial charge in [0.25, 0.3) is 0 Å². The number of rotatable bonds is 7. The van der Waals surface area contributed by atoms with Crippen LogP contribution in [-0.4, -0.2) is 38.5 Å². The normalized spacial score (nSPS) is 9.70. The highest BCUT2D eigenvalue weighted by Gasteiger charge is 2.12. The van der Waals surface area contributed by atoms with Crippen molar-refractivity contribution in [2.75, 3.05) is 20.8 Å². The Morgan fingerprint density at radius 1 is 1.05 bits per heavy atom. The maximum absolute atomic E-state index is 11.8. The van der Waals surface area contributed by atoms with Crippen molar-refractivity contribution in [3.05, 3.63) is 29.8 Å². The minimum Gasteiger partial charge on any atom is -0.497 e. The highest BCUT2D eigenvalue weighted by molar-refractivity contribution is 5.98. The van der Waals surface area contributed by atoms with Crippen LogP contribution in [-0.2, 0) is 19.1 Å². The fourth-order valence-corrected chi connectivity index (χ4v) is 1.40. The molecule has 0 aliphatic rings. The molecule has 1 rings (SSSR count). The molecule has 1 aromatic rings. The number of ether oxygens (including phenoxy) is 3. The van der Waals surface area contributed by atoms with Gasteiger partial charge in [-0.05, 0) is 12.1 Å². The summed E-state index contributed by atoms with van der Waals surface area (Å²) in [5.41, 5.74) is 0.394. The van der Waals surface area contributed by atoms with Crippen LogP contribution in [0.25, 0.3) is 0 Å². The molecule has 0 amide bonds. The quantitative estimate of drug-likeness (QED) is 0.554. The van der Waals surface area contributed by atoms with E-state index in [1.54, 1.807) is 24.3 Å². The highest BCUT2D eigenvalue weighted by atomic mass is 16.5. The first-order valence-corrected chi connectivity index (χ1v) is 5.96. The summed E-state index contributed by atoms with van der Waals surface area (Å²) in [7, 11) is 2.73. The van der Waals surface area contributed by atoms with E-state index in [1.807, 2.05) is 0 Å². The lowest BCUT2D eigenvalue weighted by Gasteiger charge is -2.05. The van der Waals surface area contributed by atoms with E-state index in [2.05, 4.69) is 4.74 Å². The van der Waals surface area contributed by atoms with Gasteiger partial charge in [-0.25, -0.2) is 0 Å². The van der Waals surface area contributed by atoms with Crippen LogP contribution in [0.1, 0.15) is 23.2 Å². The molecule has 0 fully saturated rings. The van der Waals surface area contributed by atoms with Gasteiger partial charge in [0.15, 0.2) is 12.4 Å². The Kier molecular flexibility index (Phi) is 6.22. The molecule has 0 spiro atoms. The minimum absolute atomic E-state index is 0.0668. The number of ketones is 1. The number of Topliss-reactive ketones (excluding diaryl/α,β-unsaturated/α-hetero) is 1. The van der Waals surface area contributed by atoms with Crippen LogP contribution >= 0.6 is 0 Å². The predicted octanol–water partition coefficient (Wildman–Crippen LogP) is 1.37. The van der Waals surface area contributed by atoms with Crippen LogP contribution in [0.3, 0.4) is 0 Å². The van der Waals surface area contributed by atoms with Crippen LogP contribution in [0.2, 0.25) is 0 Å². The summed E-state index contributed by atoms with van der Waals surface area (Å²) in [6, 6.07) is 6.54. The zero-order valence-electron chi connectivity index (χ0n) is 11.4. The van der Waals surface area contributed by atoms with Gasteiger partial charge in [-0.2, -0.15) is 0 Å². The molecule has 20 heavy (non-hydrogen) atoms. The Hall–Kier alpha value is -2.37. The number of benzene rings is 1. The lowest BCUT2D eigenvalue weighted by Crippen LogP contribution is -2.15. The van der Waals surface area contributed by atoms with Gasteiger partial charge in [0.05, 0.1) is 27.1 Å². The first-order chi connectivity index (χ1) is 9.56. The molecule has 0 saturated carbocycles. The monoisotopic (exact) mass is 280 g/mol. The molecular weight excluding hydrogens is 264 g/mol. The second-order valence-electron chi connectivity index (χ2n) is 3.89. The summed E-state index contributed by atoms with van der Waals surface area (Å²) in [4.78, 5) is 33.9. The van der Waals surface area contributed by atoms with E-state index in [0.717, 1.165) is 0 Å². The van der Waals surface area contributed by atoms with Gasteiger partial charge in [0, 0.05) is 5.56 Å². The van der Waals surface area contributed by atoms with E-state index in [9.17, 15) is 14.4 Å². The van der Waals surface area contributed by atoms with Crippen molar-refractivity contribution in [2.24, 2.45) is 0 Å². The van der Waals surface area contributed by atoms with Gasteiger partial charge in [-0.15, -0.1) is 0 Å². The number of hydrogen-bond donors (Lipinski definition) is 0. The van der Waals surface area contributed by atoms with E-state index in [1.165, 1.54) is 14.2 Å². The zero-order valence-corrected chi connectivity index (χ0v) is 11.4. The SMILES string of the molecule is COC(=O)CCC(=O)OCC(=O)c1cccc(OC)c1. The second-order valence-corrected chi connectivity index (χ2v) is 3.89. The standard InChI is InChI=1S/C14H16O6/c1-18-11-5-3-4-10(8-11)12(15)9-20-14(17)7-6-13(16)19-2/h3-5,8H,6-7,9H2,1-2H3. The fourth-order valence-electron chi connectivity index (χ4n) is 1.40. The molecule has 6 heteroatoms. The van der Waals surface area contributed by atoms with Crippen molar-refractivity contribution < 1.29 is 28.6 Å². The maximum Gasteiger partial charge on any atom is 0.306 e. The first-order valence-electron chi connectivity index (χ1n) is 5.96. The van der Waals surface area contributed by atoms with Crippen molar-refractivity contribution in [3.63, 3.8) is 0 Å². The molecule has 0 aliphatic carbocycles. The van der Waals surface area contributed by atoms with Crippen molar-refractivity contribution >= 4 is 17.7 Å². The number of carbonyl (C=O) groups excluding carboxylic acids is 3. The molecule has 0 bridgehead atoms. The Labute approximate surface area is 116 Å².